The van der Waals surface area contributed by atoms with Gasteiger partial charge in [0.15, 0.2) is 5.75 Å². The van der Waals surface area contributed by atoms with Gasteiger partial charge in [0, 0.05) is 11.5 Å². The van der Waals surface area contributed by atoms with E-state index in [9.17, 15) is 10.1 Å². The van der Waals surface area contributed by atoms with Crippen LogP contribution < -0.4 is 4.74 Å². The Balaban J connectivity index is 2.49. The van der Waals surface area contributed by atoms with Crippen molar-refractivity contribution in [2.45, 2.75) is 26.2 Å². The summed E-state index contributed by atoms with van der Waals surface area (Å²) in [5.74, 6) is 0.315. The second-order valence-electron chi connectivity index (χ2n) is 5.36. The molecule has 2 aromatic carbocycles. The van der Waals surface area contributed by atoms with Gasteiger partial charge in [-0.1, -0.05) is 50.2 Å². The number of rotatable bonds is 5. The van der Waals surface area contributed by atoms with E-state index in [1.165, 1.54) is 0 Å². The van der Waals surface area contributed by atoms with Crippen molar-refractivity contribution in [1.29, 1.82) is 0 Å². The van der Waals surface area contributed by atoms with E-state index in [4.69, 9.17) is 4.74 Å². The van der Waals surface area contributed by atoms with E-state index >= 15 is 0 Å². The predicted molar refractivity (Wildman–Crippen MR) is 82.8 cm³/mol. The van der Waals surface area contributed by atoms with Gasteiger partial charge in [-0.3, -0.25) is 10.1 Å². The molecule has 0 amide bonds. The summed E-state index contributed by atoms with van der Waals surface area (Å²) in [6.45, 7) is 6.33. The van der Waals surface area contributed by atoms with Crippen LogP contribution in [0.25, 0.3) is 0 Å². The highest BCUT2D eigenvalue weighted by Crippen LogP contribution is 2.36. The summed E-state index contributed by atoms with van der Waals surface area (Å²) in [4.78, 5) is 10.8. The van der Waals surface area contributed by atoms with Crippen LogP contribution in [-0.4, -0.2) is 11.5 Å². The molecule has 0 unspecified atom stereocenters. The van der Waals surface area contributed by atoms with E-state index in [1.54, 1.807) is 12.1 Å². The van der Waals surface area contributed by atoms with Crippen molar-refractivity contribution in [3.05, 3.63) is 69.8 Å². The maximum atomic E-state index is 11.2. The van der Waals surface area contributed by atoms with Crippen molar-refractivity contribution in [2.75, 3.05) is 6.61 Å². The molecular formula is C17H19NO3. The molecule has 0 aliphatic rings. The summed E-state index contributed by atoms with van der Waals surface area (Å²) < 4.78 is 5.33. The molecule has 0 aromatic heterocycles. The van der Waals surface area contributed by atoms with Crippen LogP contribution >= 0.6 is 0 Å². The van der Waals surface area contributed by atoms with Crippen LogP contribution in [0.1, 0.15) is 31.9 Å². The fourth-order valence-electron chi connectivity index (χ4n) is 2.35. The van der Waals surface area contributed by atoms with E-state index < -0.39 is 4.92 Å². The molecule has 0 N–H and O–H groups in total. The Morgan fingerprint density at radius 2 is 1.76 bits per heavy atom. The van der Waals surface area contributed by atoms with Gasteiger partial charge in [-0.15, -0.1) is 0 Å². The van der Waals surface area contributed by atoms with Crippen molar-refractivity contribution in [2.24, 2.45) is 0 Å². The first kappa shape index (κ1) is 15.0. The summed E-state index contributed by atoms with van der Waals surface area (Å²) in [5.41, 5.74) is 1.71. The van der Waals surface area contributed by atoms with Gasteiger partial charge in [-0.2, -0.15) is 0 Å². The number of ether oxygens (including phenoxy) is 1. The Kier molecular flexibility index (Phi) is 4.26. The molecule has 4 nitrogen and oxygen atoms in total. The standard InChI is InChI=1S/C17H19NO3/c1-4-21-16-11-10-14(12-15(16)18(19)20)17(2,3)13-8-6-5-7-9-13/h5-12H,4H2,1-3H3. The van der Waals surface area contributed by atoms with E-state index in [2.05, 4.69) is 13.8 Å². The molecule has 110 valence electrons. The van der Waals surface area contributed by atoms with E-state index in [0.717, 1.165) is 11.1 Å². The predicted octanol–water partition coefficient (Wildman–Crippen LogP) is 4.32. The smallest absolute Gasteiger partial charge is 0.311 e. The van der Waals surface area contributed by atoms with Gasteiger partial charge in [-0.25, -0.2) is 0 Å². The Morgan fingerprint density at radius 1 is 1.10 bits per heavy atom. The topological polar surface area (TPSA) is 52.4 Å². The summed E-state index contributed by atoms with van der Waals surface area (Å²) in [6, 6.07) is 15.1. The zero-order valence-electron chi connectivity index (χ0n) is 12.5. The molecule has 0 fully saturated rings. The second kappa shape index (κ2) is 5.95. The summed E-state index contributed by atoms with van der Waals surface area (Å²) in [6.07, 6.45) is 0. The highest BCUT2D eigenvalue weighted by Gasteiger charge is 2.26. The van der Waals surface area contributed by atoms with Gasteiger partial charge in [0.2, 0.25) is 0 Å². The molecule has 2 aromatic rings. The molecule has 0 aliphatic heterocycles. The third-order valence-corrected chi connectivity index (χ3v) is 3.67. The lowest BCUT2D eigenvalue weighted by atomic mass is 9.78. The molecule has 21 heavy (non-hydrogen) atoms. The third kappa shape index (κ3) is 3.05. The lowest BCUT2D eigenvalue weighted by Crippen LogP contribution is -2.19. The van der Waals surface area contributed by atoms with Gasteiger partial charge in [0.25, 0.3) is 0 Å². The van der Waals surface area contributed by atoms with Crippen molar-refractivity contribution in [3.8, 4) is 5.75 Å². The number of nitrogens with zero attached hydrogens (tertiary/aromatic N) is 1. The minimum absolute atomic E-state index is 0.0124. The maximum absolute atomic E-state index is 11.2. The van der Waals surface area contributed by atoms with Crippen LogP contribution in [0.5, 0.6) is 5.75 Å². The molecule has 0 saturated heterocycles. The van der Waals surface area contributed by atoms with Crippen LogP contribution in [0.4, 0.5) is 5.69 Å². The SMILES string of the molecule is CCOc1ccc(C(C)(C)c2ccccc2)cc1[N+](=O)[O-]. The number of nitro benzene ring substituents is 1. The molecule has 0 saturated carbocycles. The van der Waals surface area contributed by atoms with Crippen molar-refractivity contribution in [1.82, 2.24) is 0 Å². The normalized spacial score (nSPS) is 11.2. The van der Waals surface area contributed by atoms with Crippen LogP contribution in [0.15, 0.2) is 48.5 Å². The zero-order chi connectivity index (χ0) is 15.5. The van der Waals surface area contributed by atoms with Crippen LogP contribution in [-0.2, 0) is 5.41 Å². The average molecular weight is 285 g/mol. The van der Waals surface area contributed by atoms with E-state index in [1.807, 2.05) is 43.3 Å². The fraction of sp³-hybridized carbons (Fsp3) is 0.294. The Bertz CT molecular complexity index is 636. The van der Waals surface area contributed by atoms with Gasteiger partial charge in [0.1, 0.15) is 0 Å². The van der Waals surface area contributed by atoms with Crippen LogP contribution in [0.2, 0.25) is 0 Å². The van der Waals surface area contributed by atoms with Gasteiger partial charge >= 0.3 is 5.69 Å². The largest absolute Gasteiger partial charge is 0.487 e. The summed E-state index contributed by atoms with van der Waals surface area (Å²) in [5, 5.41) is 11.2. The minimum Gasteiger partial charge on any atom is -0.487 e. The lowest BCUT2D eigenvalue weighted by molar-refractivity contribution is -0.385. The molecule has 0 atom stereocenters. The number of hydrogen-bond donors (Lipinski definition) is 0. The fourth-order valence-corrected chi connectivity index (χ4v) is 2.35. The van der Waals surface area contributed by atoms with Crippen molar-refractivity contribution >= 4 is 5.69 Å². The number of benzene rings is 2. The molecule has 0 aliphatic carbocycles. The monoisotopic (exact) mass is 285 g/mol. The van der Waals surface area contributed by atoms with E-state index in [0.29, 0.717) is 12.4 Å². The minimum atomic E-state index is -0.393. The molecule has 0 spiro atoms. The first-order valence-corrected chi connectivity index (χ1v) is 6.94. The van der Waals surface area contributed by atoms with Crippen molar-refractivity contribution in [3.63, 3.8) is 0 Å². The molecule has 0 radical (unpaired) electrons. The lowest BCUT2D eigenvalue weighted by Gasteiger charge is -2.26. The molecule has 0 heterocycles. The van der Waals surface area contributed by atoms with Crippen LogP contribution in [0.3, 0.4) is 0 Å². The molecule has 0 bridgehead atoms. The Hall–Kier alpha value is -2.36. The first-order chi connectivity index (χ1) is 9.96. The van der Waals surface area contributed by atoms with Gasteiger partial charge in [0.05, 0.1) is 11.5 Å². The highest BCUT2D eigenvalue weighted by atomic mass is 16.6. The van der Waals surface area contributed by atoms with Crippen molar-refractivity contribution < 1.29 is 9.66 Å². The quantitative estimate of drug-likeness (QED) is 0.607. The highest BCUT2D eigenvalue weighted by molar-refractivity contribution is 5.52. The average Bonchev–Trinajstić information content (AvgIpc) is 2.48. The first-order valence-electron chi connectivity index (χ1n) is 6.94. The Labute approximate surface area is 124 Å². The van der Waals surface area contributed by atoms with Crippen LogP contribution in [0, 0.1) is 10.1 Å². The van der Waals surface area contributed by atoms with E-state index in [-0.39, 0.29) is 11.1 Å². The third-order valence-electron chi connectivity index (χ3n) is 3.67. The maximum Gasteiger partial charge on any atom is 0.311 e. The summed E-state index contributed by atoms with van der Waals surface area (Å²) in [7, 11) is 0. The zero-order valence-corrected chi connectivity index (χ0v) is 12.5. The number of hydrogen-bond acceptors (Lipinski definition) is 3. The molecule has 4 heteroatoms. The van der Waals surface area contributed by atoms with Gasteiger partial charge in [-0.05, 0) is 24.1 Å². The Morgan fingerprint density at radius 3 is 2.33 bits per heavy atom. The number of nitro groups is 1. The molecular weight excluding hydrogens is 266 g/mol. The van der Waals surface area contributed by atoms with Gasteiger partial charge < -0.3 is 4.74 Å². The second-order valence-corrected chi connectivity index (χ2v) is 5.36. The molecule has 2 rings (SSSR count). The summed E-state index contributed by atoms with van der Waals surface area (Å²) >= 11 is 0.